The van der Waals surface area contributed by atoms with E-state index in [1.807, 2.05) is 0 Å². The summed E-state index contributed by atoms with van der Waals surface area (Å²) in [5.41, 5.74) is 2.52. The van der Waals surface area contributed by atoms with Crippen LogP contribution >= 0.6 is 0 Å². The molecule has 0 aliphatic heterocycles. The van der Waals surface area contributed by atoms with Crippen molar-refractivity contribution in [3.8, 4) is 0 Å². The lowest BCUT2D eigenvalue weighted by molar-refractivity contribution is -0.000684. The minimum atomic E-state index is -2.58. The van der Waals surface area contributed by atoms with E-state index in [-0.39, 0.29) is 12.4 Å². The maximum atomic E-state index is 12.3. The molecule has 5 nitrogen and oxygen atoms in total. The van der Waals surface area contributed by atoms with Crippen LogP contribution < -0.4 is 5.48 Å². The van der Waals surface area contributed by atoms with Gasteiger partial charge in [-0.1, -0.05) is 0 Å². The summed E-state index contributed by atoms with van der Waals surface area (Å²) in [6.45, 7) is -1.66. The Morgan fingerprint density at radius 1 is 1.53 bits per heavy atom. The van der Waals surface area contributed by atoms with Gasteiger partial charge in [-0.3, -0.25) is 9.40 Å². The van der Waals surface area contributed by atoms with Crippen molar-refractivity contribution in [3.05, 3.63) is 18.2 Å². The second kappa shape index (κ2) is 6.44. The van der Waals surface area contributed by atoms with Crippen LogP contribution in [0.15, 0.2) is 12.4 Å². The smallest absolute Gasteiger partial charge is 0.319 e. The molecule has 0 amide bonds. The van der Waals surface area contributed by atoms with Gasteiger partial charge in [0, 0.05) is 19.5 Å². The molecule has 0 saturated carbocycles. The predicted octanol–water partition coefficient (Wildman–Crippen LogP) is 0.946. The number of hydroxylamine groups is 1. The molecule has 0 aliphatic rings. The number of aromatic nitrogens is 2. The van der Waals surface area contributed by atoms with Crippen LogP contribution in [0.25, 0.3) is 0 Å². The molecule has 1 aromatic heterocycles. The molecule has 0 radical (unpaired) electrons. The second-order valence-corrected chi connectivity index (χ2v) is 2.69. The van der Waals surface area contributed by atoms with Crippen LogP contribution in [0.5, 0.6) is 0 Å². The van der Waals surface area contributed by atoms with E-state index in [2.05, 4.69) is 10.5 Å². The first kappa shape index (κ1) is 12.0. The van der Waals surface area contributed by atoms with Crippen molar-refractivity contribution in [1.29, 1.82) is 0 Å². The fraction of sp³-hybridized carbons (Fsp3) is 0.625. The van der Waals surface area contributed by atoms with Crippen LogP contribution in [0.4, 0.5) is 8.78 Å². The number of rotatable bonds is 7. The molecule has 1 N–H and O–H groups in total. The van der Waals surface area contributed by atoms with E-state index in [0.29, 0.717) is 13.2 Å². The highest BCUT2D eigenvalue weighted by Gasteiger charge is 2.10. The Hall–Kier alpha value is -1.05. The highest BCUT2D eigenvalue weighted by molar-refractivity contribution is 4.91. The molecule has 0 atom stereocenters. The Bertz CT molecular complexity index is 281. The maximum absolute atomic E-state index is 12.3. The number of nitrogens with zero attached hydrogens (tertiary/aromatic N) is 2. The van der Waals surface area contributed by atoms with Gasteiger partial charge < -0.3 is 4.74 Å². The number of ether oxygens (including phenoxy) is 1. The van der Waals surface area contributed by atoms with Crippen LogP contribution in [0.3, 0.4) is 0 Å². The summed E-state index contributed by atoms with van der Waals surface area (Å²) >= 11 is 0. The first-order valence-electron chi connectivity index (χ1n) is 4.39. The summed E-state index contributed by atoms with van der Waals surface area (Å²) < 4.78 is 30.2. The second-order valence-electron chi connectivity index (χ2n) is 2.69. The van der Waals surface area contributed by atoms with E-state index in [1.54, 1.807) is 7.11 Å². The number of methoxy groups -OCH3 is 1. The third-order valence-corrected chi connectivity index (χ3v) is 1.68. The van der Waals surface area contributed by atoms with Gasteiger partial charge in [-0.15, -0.1) is 0 Å². The summed E-state index contributed by atoms with van der Waals surface area (Å²) in [5, 5.41) is 0. The Labute approximate surface area is 86.0 Å². The highest BCUT2D eigenvalue weighted by atomic mass is 19.3. The molecule has 0 saturated heterocycles. The van der Waals surface area contributed by atoms with Crippen molar-refractivity contribution >= 4 is 0 Å². The number of alkyl halides is 2. The predicted molar refractivity (Wildman–Crippen MR) is 48.1 cm³/mol. The van der Waals surface area contributed by atoms with E-state index < -0.39 is 6.55 Å². The quantitative estimate of drug-likeness (QED) is 0.550. The first-order chi connectivity index (χ1) is 7.25. The van der Waals surface area contributed by atoms with Gasteiger partial charge in [0.15, 0.2) is 0 Å². The highest BCUT2D eigenvalue weighted by Crippen LogP contribution is 2.11. The van der Waals surface area contributed by atoms with Gasteiger partial charge in [0.1, 0.15) is 5.82 Å². The molecule has 1 rings (SSSR count). The third kappa shape index (κ3) is 3.90. The molecular weight excluding hydrogens is 208 g/mol. The molecule has 0 aliphatic carbocycles. The third-order valence-electron chi connectivity index (χ3n) is 1.68. The molecule has 15 heavy (non-hydrogen) atoms. The summed E-state index contributed by atoms with van der Waals surface area (Å²) in [4.78, 5) is 8.67. The number of hydrogen-bond donors (Lipinski definition) is 1. The van der Waals surface area contributed by atoms with E-state index in [9.17, 15) is 8.78 Å². The van der Waals surface area contributed by atoms with Crippen LogP contribution in [0.1, 0.15) is 12.4 Å². The molecule has 0 aromatic carbocycles. The van der Waals surface area contributed by atoms with Crippen molar-refractivity contribution in [1.82, 2.24) is 15.0 Å². The van der Waals surface area contributed by atoms with Gasteiger partial charge in [-0.05, 0) is 0 Å². The lowest BCUT2D eigenvalue weighted by atomic mass is 10.6. The zero-order valence-corrected chi connectivity index (χ0v) is 8.32. The van der Waals surface area contributed by atoms with E-state index >= 15 is 0 Å². The van der Waals surface area contributed by atoms with E-state index in [4.69, 9.17) is 9.57 Å². The van der Waals surface area contributed by atoms with Crippen LogP contribution in [-0.2, 0) is 16.1 Å². The number of nitrogens with one attached hydrogen (secondary N) is 1. The lowest BCUT2D eigenvalue weighted by Crippen LogP contribution is -2.20. The molecule has 1 heterocycles. The largest absolute Gasteiger partial charge is 0.382 e. The standard InChI is InChI=1S/C8H13F2N3O2/c1-14-4-5-15-12-6-7-11-2-3-13(7)8(9)10/h2-3,8,12H,4-6H2,1H3. The van der Waals surface area contributed by atoms with Gasteiger partial charge >= 0.3 is 6.55 Å². The minimum absolute atomic E-state index is 0.126. The van der Waals surface area contributed by atoms with Gasteiger partial charge in [0.05, 0.1) is 19.8 Å². The molecule has 86 valence electrons. The SMILES string of the molecule is COCCONCc1nccn1C(F)F. The zero-order valence-electron chi connectivity index (χ0n) is 8.32. The Kier molecular flexibility index (Phi) is 5.16. The average Bonchev–Trinajstić information content (AvgIpc) is 2.66. The summed E-state index contributed by atoms with van der Waals surface area (Å²) in [6, 6.07) is 0. The average molecular weight is 221 g/mol. The molecular formula is C8H13F2N3O2. The van der Waals surface area contributed by atoms with E-state index in [0.717, 1.165) is 4.57 Å². The van der Waals surface area contributed by atoms with Gasteiger partial charge in [-0.2, -0.15) is 14.3 Å². The van der Waals surface area contributed by atoms with Crippen molar-refractivity contribution in [3.63, 3.8) is 0 Å². The normalized spacial score (nSPS) is 11.2. The molecule has 0 bridgehead atoms. The number of hydrogen-bond acceptors (Lipinski definition) is 4. The van der Waals surface area contributed by atoms with Gasteiger partial charge in [0.2, 0.25) is 0 Å². The number of imidazole rings is 1. The minimum Gasteiger partial charge on any atom is -0.382 e. The zero-order chi connectivity index (χ0) is 11.1. The van der Waals surface area contributed by atoms with Crippen molar-refractivity contribution in [2.24, 2.45) is 0 Å². The molecule has 0 fully saturated rings. The fourth-order valence-electron chi connectivity index (χ4n) is 0.971. The molecule has 1 aromatic rings. The molecule has 0 spiro atoms. The fourth-order valence-corrected chi connectivity index (χ4v) is 0.971. The lowest BCUT2D eigenvalue weighted by Gasteiger charge is -2.07. The summed E-state index contributed by atoms with van der Waals surface area (Å²) in [6.07, 6.45) is 2.54. The first-order valence-corrected chi connectivity index (χ1v) is 4.39. The van der Waals surface area contributed by atoms with Crippen molar-refractivity contribution in [2.75, 3.05) is 20.3 Å². The summed E-state index contributed by atoms with van der Waals surface area (Å²) in [7, 11) is 1.55. The Morgan fingerprint density at radius 3 is 3.00 bits per heavy atom. The Morgan fingerprint density at radius 2 is 2.33 bits per heavy atom. The van der Waals surface area contributed by atoms with E-state index in [1.165, 1.54) is 12.4 Å². The van der Waals surface area contributed by atoms with Crippen LogP contribution in [-0.4, -0.2) is 29.9 Å². The number of halogens is 2. The monoisotopic (exact) mass is 221 g/mol. The molecule has 7 heteroatoms. The van der Waals surface area contributed by atoms with Crippen molar-refractivity contribution < 1.29 is 18.4 Å². The topological polar surface area (TPSA) is 48.3 Å². The maximum Gasteiger partial charge on any atom is 0.319 e. The summed E-state index contributed by atoms with van der Waals surface area (Å²) in [5.74, 6) is 0.224. The van der Waals surface area contributed by atoms with Gasteiger partial charge in [0.25, 0.3) is 0 Å². The Balaban J connectivity index is 2.28. The van der Waals surface area contributed by atoms with Gasteiger partial charge in [-0.25, -0.2) is 4.98 Å². The van der Waals surface area contributed by atoms with Crippen LogP contribution in [0, 0.1) is 0 Å². The van der Waals surface area contributed by atoms with Crippen molar-refractivity contribution in [2.45, 2.75) is 13.1 Å². The van der Waals surface area contributed by atoms with Crippen LogP contribution in [0.2, 0.25) is 0 Å². The molecule has 0 unspecified atom stereocenters.